The number of nitrogens with zero attached hydrogens (tertiary/aromatic N) is 4. The number of hydrogen-bond donors (Lipinski definition) is 2. The van der Waals surface area contributed by atoms with Crippen molar-refractivity contribution in [3.05, 3.63) is 69.3 Å². The maximum absolute atomic E-state index is 12.7. The van der Waals surface area contributed by atoms with Crippen LogP contribution in [0.4, 0.5) is 4.79 Å². The van der Waals surface area contributed by atoms with Crippen LogP contribution in [0.5, 0.6) is 0 Å². The summed E-state index contributed by atoms with van der Waals surface area (Å²) in [5, 5.41) is 13.1. The van der Waals surface area contributed by atoms with E-state index in [1.54, 1.807) is 27.7 Å². The summed E-state index contributed by atoms with van der Waals surface area (Å²) in [6.07, 6.45) is 1.24. The Bertz CT molecular complexity index is 1670. The van der Waals surface area contributed by atoms with Gasteiger partial charge in [-0.3, -0.25) is 9.69 Å². The number of nitrogens with one attached hydrogen (secondary N) is 2. The van der Waals surface area contributed by atoms with Crippen molar-refractivity contribution >= 4 is 58.3 Å². The molecule has 2 aromatic heterocycles. The Labute approximate surface area is 286 Å². The first-order valence-corrected chi connectivity index (χ1v) is 17.5. The highest BCUT2D eigenvalue weighted by atomic mass is 35.5. The maximum atomic E-state index is 12.7. The van der Waals surface area contributed by atoms with Gasteiger partial charge in [0.1, 0.15) is 11.6 Å². The largest absolute Gasteiger partial charge is 0.444 e. The minimum atomic E-state index is -0.612. The summed E-state index contributed by atoms with van der Waals surface area (Å²) in [4.78, 5) is 36.4. The Morgan fingerprint density at radius 2 is 1.87 bits per heavy atom. The normalized spacial score (nSPS) is 15.0. The first-order chi connectivity index (χ1) is 21.9. The number of thiazole rings is 1. The van der Waals surface area contributed by atoms with E-state index in [1.165, 1.54) is 23.1 Å². The molecule has 2 amide bonds. The van der Waals surface area contributed by atoms with Gasteiger partial charge >= 0.3 is 6.09 Å². The highest BCUT2D eigenvalue weighted by molar-refractivity contribution is 8.01. The van der Waals surface area contributed by atoms with Gasteiger partial charge in [0.25, 0.3) is 0 Å². The van der Waals surface area contributed by atoms with Crippen LogP contribution < -0.4 is 10.6 Å². The maximum Gasteiger partial charge on any atom is 0.408 e. The number of rotatable bonds is 10. The Hall–Kier alpha value is -3.16. The number of aromatic nitrogens is 3. The highest BCUT2D eigenvalue weighted by Gasteiger charge is 2.23. The van der Waals surface area contributed by atoms with Gasteiger partial charge in [-0.2, -0.15) is 4.98 Å². The van der Waals surface area contributed by atoms with E-state index in [-0.39, 0.29) is 17.8 Å². The smallest absolute Gasteiger partial charge is 0.408 e. The lowest BCUT2D eigenvalue weighted by atomic mass is 10.0. The fraction of sp³-hybridized carbons (Fsp3) is 0.406. The quantitative estimate of drug-likeness (QED) is 0.161. The van der Waals surface area contributed by atoms with Crippen molar-refractivity contribution in [1.29, 1.82) is 0 Å². The molecule has 14 heteroatoms. The highest BCUT2D eigenvalue weighted by Crippen LogP contribution is 2.31. The van der Waals surface area contributed by atoms with E-state index in [0.29, 0.717) is 21.6 Å². The van der Waals surface area contributed by atoms with E-state index in [9.17, 15) is 9.59 Å². The van der Waals surface area contributed by atoms with Crippen molar-refractivity contribution in [2.24, 2.45) is 0 Å². The van der Waals surface area contributed by atoms with Crippen LogP contribution in [0.3, 0.4) is 0 Å². The fourth-order valence-corrected chi connectivity index (χ4v) is 6.84. The van der Waals surface area contributed by atoms with Crippen LogP contribution in [0, 0.1) is 0 Å². The third kappa shape index (κ3) is 9.68. The average Bonchev–Trinajstić information content (AvgIpc) is 3.69. The standard InChI is InChI=1S/C32H36Cl2N6O4S2/c1-19(35-30(42)43-32(2,3)4)29-38-28(39-44-29)22-7-5-6-21(15-22)26-17-45-31(37-26)46-18-27(41)36-23-10-12-40(13-11-23)16-20-8-9-24(33)25(34)14-20/h5-9,14-15,17,19,23H,10-13,16,18H2,1-4H3,(H,35,42)(H,36,41). The summed E-state index contributed by atoms with van der Waals surface area (Å²) in [5.74, 6) is 0.981. The minimum Gasteiger partial charge on any atom is -0.444 e. The first-order valence-electron chi connectivity index (χ1n) is 14.9. The molecule has 3 heterocycles. The third-order valence-corrected chi connectivity index (χ3v) is 9.87. The van der Waals surface area contributed by atoms with Crippen LogP contribution in [0.15, 0.2) is 56.7 Å². The molecule has 0 spiro atoms. The molecular formula is C32H36Cl2N6O4S2. The molecule has 1 fully saturated rings. The van der Waals surface area contributed by atoms with Gasteiger partial charge in [0.2, 0.25) is 17.6 Å². The lowest BCUT2D eigenvalue weighted by Crippen LogP contribution is -2.44. The molecule has 244 valence electrons. The molecule has 1 unspecified atom stereocenters. The second-order valence-corrected chi connectivity index (χ2v) is 15.0. The van der Waals surface area contributed by atoms with Crippen LogP contribution in [0.25, 0.3) is 22.6 Å². The van der Waals surface area contributed by atoms with Gasteiger partial charge < -0.3 is 19.9 Å². The number of carbonyl (C=O) groups is 2. The Kier molecular flexibility index (Phi) is 11.3. The zero-order valence-electron chi connectivity index (χ0n) is 26.0. The number of piperidine rings is 1. The predicted molar refractivity (Wildman–Crippen MR) is 182 cm³/mol. The molecule has 2 N–H and O–H groups in total. The van der Waals surface area contributed by atoms with Crippen LogP contribution in [-0.4, -0.2) is 62.5 Å². The summed E-state index contributed by atoms with van der Waals surface area (Å²) in [7, 11) is 0. The summed E-state index contributed by atoms with van der Waals surface area (Å²) in [5.41, 5.74) is 2.96. The molecule has 1 atom stereocenters. The number of benzene rings is 2. The monoisotopic (exact) mass is 702 g/mol. The summed E-state index contributed by atoms with van der Waals surface area (Å²) in [6.45, 7) is 9.75. The lowest BCUT2D eigenvalue weighted by Gasteiger charge is -2.32. The molecule has 4 aromatic rings. The van der Waals surface area contributed by atoms with Crippen LogP contribution in [0.2, 0.25) is 10.0 Å². The lowest BCUT2D eigenvalue weighted by molar-refractivity contribution is -0.119. The van der Waals surface area contributed by atoms with Gasteiger partial charge in [-0.1, -0.05) is 64.4 Å². The van der Waals surface area contributed by atoms with E-state index in [1.807, 2.05) is 47.8 Å². The van der Waals surface area contributed by atoms with Crippen molar-refractivity contribution in [1.82, 2.24) is 30.7 Å². The van der Waals surface area contributed by atoms with Crippen molar-refractivity contribution in [3.63, 3.8) is 0 Å². The fourth-order valence-electron chi connectivity index (χ4n) is 4.88. The van der Waals surface area contributed by atoms with E-state index in [0.717, 1.165) is 59.2 Å². The number of alkyl carbamates (subject to hydrolysis) is 1. The van der Waals surface area contributed by atoms with Crippen LogP contribution >= 0.6 is 46.3 Å². The van der Waals surface area contributed by atoms with Crippen molar-refractivity contribution in [2.45, 2.75) is 69.1 Å². The molecule has 10 nitrogen and oxygen atoms in total. The van der Waals surface area contributed by atoms with Gasteiger partial charge in [0, 0.05) is 42.2 Å². The molecule has 5 rings (SSSR count). The molecule has 46 heavy (non-hydrogen) atoms. The first kappa shape index (κ1) is 34.2. The molecule has 1 aliphatic heterocycles. The third-order valence-electron chi connectivity index (χ3n) is 7.11. The Morgan fingerprint density at radius 1 is 1.11 bits per heavy atom. The number of thioether (sulfide) groups is 1. The molecule has 0 saturated carbocycles. The summed E-state index contributed by atoms with van der Waals surface area (Å²) in [6, 6.07) is 13.1. The van der Waals surface area contributed by atoms with E-state index < -0.39 is 17.7 Å². The molecule has 2 aromatic carbocycles. The van der Waals surface area contributed by atoms with Crippen molar-refractivity contribution < 1.29 is 18.8 Å². The van der Waals surface area contributed by atoms with Crippen molar-refractivity contribution in [2.75, 3.05) is 18.8 Å². The number of hydrogen-bond acceptors (Lipinski definition) is 10. The number of likely N-dealkylation sites (tertiary alicyclic amines) is 1. The number of carbonyl (C=O) groups excluding carboxylic acids is 2. The second-order valence-electron chi connectivity index (χ2n) is 12.1. The van der Waals surface area contributed by atoms with E-state index >= 15 is 0 Å². The summed E-state index contributed by atoms with van der Waals surface area (Å²) < 4.78 is 11.5. The zero-order valence-corrected chi connectivity index (χ0v) is 29.2. The summed E-state index contributed by atoms with van der Waals surface area (Å²) >= 11 is 15.1. The number of ether oxygens (including phenoxy) is 1. The SMILES string of the molecule is CC(NC(=O)OC(C)(C)C)c1nc(-c2cccc(-c3csc(SCC(=O)NC4CCN(Cc5ccc(Cl)c(Cl)c5)CC4)n3)c2)no1. The zero-order chi connectivity index (χ0) is 32.8. The molecule has 1 saturated heterocycles. The minimum absolute atomic E-state index is 0.00924. The van der Waals surface area contributed by atoms with Gasteiger partial charge in [-0.15, -0.1) is 11.3 Å². The topological polar surface area (TPSA) is 122 Å². The van der Waals surface area contributed by atoms with Gasteiger partial charge in [0.15, 0.2) is 4.34 Å². The second kappa shape index (κ2) is 15.2. The van der Waals surface area contributed by atoms with Gasteiger partial charge in [0.05, 0.1) is 21.5 Å². The predicted octanol–water partition coefficient (Wildman–Crippen LogP) is 7.63. The van der Waals surface area contributed by atoms with Gasteiger partial charge in [-0.25, -0.2) is 9.78 Å². The Balaban J connectivity index is 1.09. The van der Waals surface area contributed by atoms with Gasteiger partial charge in [-0.05, 0) is 64.3 Å². The van der Waals surface area contributed by atoms with Crippen LogP contribution in [0.1, 0.15) is 58.0 Å². The average molecular weight is 704 g/mol. The molecular weight excluding hydrogens is 667 g/mol. The van der Waals surface area contributed by atoms with E-state index in [4.69, 9.17) is 37.4 Å². The Morgan fingerprint density at radius 3 is 2.61 bits per heavy atom. The molecule has 1 aliphatic rings. The van der Waals surface area contributed by atoms with E-state index in [2.05, 4.69) is 25.7 Å². The van der Waals surface area contributed by atoms with Crippen LogP contribution in [-0.2, 0) is 16.1 Å². The molecule has 0 radical (unpaired) electrons. The molecule has 0 bridgehead atoms. The number of amides is 2. The van der Waals surface area contributed by atoms with Crippen molar-refractivity contribution in [3.8, 4) is 22.6 Å². The number of halogens is 2. The molecule has 0 aliphatic carbocycles.